The van der Waals surface area contributed by atoms with E-state index in [1.807, 2.05) is 24.0 Å². The predicted octanol–water partition coefficient (Wildman–Crippen LogP) is 10.1. The van der Waals surface area contributed by atoms with Gasteiger partial charge in [-0.3, -0.25) is 39.1 Å². The van der Waals surface area contributed by atoms with Gasteiger partial charge in [0.05, 0.1) is 17.3 Å². The normalized spacial score (nSPS) is 19.2. The van der Waals surface area contributed by atoms with E-state index < -0.39 is 11.7 Å². The standard InChI is InChI=1S/C26H33Cl2N9O2.C25H32Cl2N10OS.C24H30Cl2FN11O/c1-3-18-14-36(25-22(28)31-21(23(29)32-25)26-34-33-15(2)39-26)10-11-37(18)19-6-8-35(9-7-19)13-16-4-5-17(27)12-20(16)24(30)38;1-3-15-14-36(22-20(27)31-18(13-30-22)23-33-34-25(39-23)29-4-2)11-12-37(15)16-7-9-35(10-8-16)24(38)17-5-6-19(26)32-21(17)28;1-3-13-11-37(23-19(26)31-17(21(29)33-23)22-30-12(2)34-35-22)8-9-38(13)14-4-6-36(7-5-14)24(39)15-10-16(27)18(25)32-20(15)28/h4-5,12,18-19H,3,6-11,13-14H2,1-2H3,(H2,29,32)(H2,30,38);5-6,13,15-16H,3-4,7-12,14H2,1-2H3,(H2,28,32)(H,29,34);10,13-14H,3-9,11H2,1-2H3,(H2,28,32)(H2,29,33)(H,30,34,35)/t18-;15-;13-/m000/s1. The number of aryl methyl sites for hydroxylation is 2. The second kappa shape index (κ2) is 38.3. The van der Waals surface area contributed by atoms with Crippen molar-refractivity contribution in [3.05, 3.63) is 113 Å². The third-order valence-electron chi connectivity index (χ3n) is 22.4. The van der Waals surface area contributed by atoms with Gasteiger partial charge in [-0.25, -0.2) is 49.2 Å². The number of H-pyrrole nitrogens is 1. The molecule has 15 rings (SSSR count). The van der Waals surface area contributed by atoms with Crippen LogP contribution in [0.25, 0.3) is 33.8 Å². The van der Waals surface area contributed by atoms with Gasteiger partial charge in [-0.2, -0.15) is 5.10 Å². The van der Waals surface area contributed by atoms with Gasteiger partial charge in [0, 0.05) is 152 Å². The monoisotopic (exact) mass is 1740 g/mol. The molecule has 14 heterocycles. The van der Waals surface area contributed by atoms with E-state index in [-0.39, 0.29) is 73.2 Å². The van der Waals surface area contributed by atoms with Gasteiger partial charge in [0.1, 0.15) is 28.3 Å². The predicted molar refractivity (Wildman–Crippen MR) is 454 cm³/mol. The summed E-state index contributed by atoms with van der Waals surface area (Å²) in [7, 11) is 0. The molecule has 0 aliphatic carbocycles. The number of amides is 3. The Hall–Kier alpha value is -9.08. The third-order valence-corrected chi connectivity index (χ3v) is 24.7. The molecule has 3 amide bonds. The zero-order chi connectivity index (χ0) is 83.0. The number of hydrogen-bond acceptors (Lipinski definition) is 31. The van der Waals surface area contributed by atoms with Crippen LogP contribution in [0.1, 0.15) is 134 Å². The Morgan fingerprint density at radius 3 is 1.60 bits per heavy atom. The maximum atomic E-state index is 13.9. The topological polar surface area (TPSA) is 432 Å². The molecule has 624 valence electrons. The molecule has 6 saturated heterocycles. The molecule has 0 saturated carbocycles. The van der Waals surface area contributed by atoms with E-state index in [9.17, 15) is 18.8 Å². The second-order valence-electron chi connectivity index (χ2n) is 29.5. The zero-order valence-corrected chi connectivity index (χ0v) is 71.1. The van der Waals surface area contributed by atoms with Crippen molar-refractivity contribution in [2.24, 2.45) is 5.73 Å². The minimum atomic E-state index is -0.762. The van der Waals surface area contributed by atoms with Crippen molar-refractivity contribution in [3.8, 4) is 33.8 Å². The van der Waals surface area contributed by atoms with E-state index >= 15 is 0 Å². The van der Waals surface area contributed by atoms with Crippen LogP contribution in [-0.4, -0.2) is 264 Å². The molecule has 1 aromatic carbocycles. The van der Waals surface area contributed by atoms with Gasteiger partial charge in [0.2, 0.25) is 22.8 Å². The molecule has 6 aliphatic rings. The number of piperidine rings is 3. The highest BCUT2D eigenvalue weighted by Gasteiger charge is 2.40. The Kier molecular flexibility index (Phi) is 28.1. The van der Waals surface area contributed by atoms with Crippen LogP contribution in [0.5, 0.6) is 0 Å². The summed E-state index contributed by atoms with van der Waals surface area (Å²) in [6.45, 7) is 25.1. The summed E-state index contributed by atoms with van der Waals surface area (Å²) < 4.78 is 19.4. The van der Waals surface area contributed by atoms with Gasteiger partial charge in [-0.15, -0.1) is 20.4 Å². The number of halogens is 7. The van der Waals surface area contributed by atoms with Crippen LogP contribution in [-0.2, 0) is 6.54 Å². The van der Waals surface area contributed by atoms with Gasteiger partial charge < -0.3 is 62.9 Å². The van der Waals surface area contributed by atoms with E-state index in [2.05, 4.69) is 136 Å². The number of aromatic nitrogens is 15. The summed E-state index contributed by atoms with van der Waals surface area (Å²) in [5, 5.41) is 29.0. The first-order chi connectivity index (χ1) is 56.3. The van der Waals surface area contributed by atoms with E-state index in [4.69, 9.17) is 103 Å². The van der Waals surface area contributed by atoms with Gasteiger partial charge in [-0.05, 0) is 121 Å². The van der Waals surface area contributed by atoms with E-state index in [0.29, 0.717) is 148 Å². The summed E-state index contributed by atoms with van der Waals surface area (Å²) in [5.41, 5.74) is 32.9. The maximum Gasteiger partial charge on any atom is 0.270 e. The van der Waals surface area contributed by atoms with Gasteiger partial charge >= 0.3 is 0 Å². The van der Waals surface area contributed by atoms with Gasteiger partial charge in [-0.1, -0.05) is 108 Å². The molecular weight excluding hydrogens is 1650 g/mol. The number of piperazine rings is 3. The Labute approximate surface area is 710 Å². The molecule has 117 heavy (non-hydrogen) atoms. The lowest BCUT2D eigenvalue weighted by atomic mass is 9.97. The Morgan fingerprint density at radius 2 is 1.09 bits per heavy atom. The molecule has 6 aliphatic heterocycles. The van der Waals surface area contributed by atoms with E-state index in [0.717, 1.165) is 147 Å². The number of nitrogen functional groups attached to an aromatic ring is 4. The van der Waals surface area contributed by atoms with Crippen molar-refractivity contribution in [3.63, 3.8) is 0 Å². The number of nitrogens with two attached hydrogens (primary N) is 5. The lowest BCUT2D eigenvalue weighted by Gasteiger charge is -2.47. The maximum absolute atomic E-state index is 13.9. The van der Waals surface area contributed by atoms with Crippen LogP contribution in [0.2, 0.25) is 30.8 Å². The van der Waals surface area contributed by atoms with Crippen molar-refractivity contribution < 1.29 is 23.2 Å². The van der Waals surface area contributed by atoms with Crippen LogP contribution in [0, 0.1) is 19.7 Å². The fourth-order valence-electron chi connectivity index (χ4n) is 16.3. The van der Waals surface area contributed by atoms with E-state index in [1.165, 1.54) is 11.3 Å². The van der Waals surface area contributed by atoms with Crippen molar-refractivity contribution in [2.75, 3.05) is 148 Å². The van der Waals surface area contributed by atoms with Gasteiger partial charge in [0.25, 0.3) is 17.7 Å². The highest BCUT2D eigenvalue weighted by Crippen LogP contribution is 2.38. The first kappa shape index (κ1) is 85.8. The number of carbonyl (C=O) groups excluding carboxylic acids is 3. The lowest BCUT2D eigenvalue weighted by molar-refractivity contribution is 0.0485. The fraction of sp³-hybridized carbons (Fsp3) is 0.507. The Morgan fingerprint density at radius 1 is 0.556 bits per heavy atom. The number of pyridine rings is 2. The largest absolute Gasteiger partial charge is 0.420 e. The van der Waals surface area contributed by atoms with Crippen LogP contribution in [0.4, 0.5) is 50.2 Å². The summed E-state index contributed by atoms with van der Waals surface area (Å²) in [6, 6.07) is 11.8. The van der Waals surface area contributed by atoms with Crippen LogP contribution >= 0.6 is 80.9 Å². The summed E-state index contributed by atoms with van der Waals surface area (Å²) in [6.07, 6.45) is 10.2. The number of nitrogens with one attached hydrogen (secondary N) is 2. The molecular formula is C75H95Cl6FN30O4S. The number of hydrogen-bond donors (Lipinski definition) is 7. The number of rotatable bonds is 19. The fourth-order valence-corrected chi connectivity index (χ4v) is 18.3. The molecule has 6 fully saturated rings. The number of anilines is 8. The van der Waals surface area contributed by atoms with Crippen LogP contribution in [0.3, 0.4) is 0 Å². The molecule has 9 aromatic rings. The number of aromatic amines is 1. The Balaban J connectivity index is 0.000000152. The molecule has 3 atom stereocenters. The van der Waals surface area contributed by atoms with E-state index in [1.54, 1.807) is 43.1 Å². The minimum absolute atomic E-state index is 0.0388. The van der Waals surface area contributed by atoms with Crippen molar-refractivity contribution in [1.29, 1.82) is 0 Å². The minimum Gasteiger partial charge on any atom is -0.420 e. The molecule has 0 spiro atoms. The molecule has 8 aromatic heterocycles. The lowest BCUT2D eigenvalue weighted by Crippen LogP contribution is -2.58. The number of primary amides is 1. The quantitative estimate of drug-likeness (QED) is 0.0370. The Bertz CT molecular complexity index is 5010. The average Bonchev–Trinajstić information content (AvgIpc) is 1.68. The molecule has 12 N–H and O–H groups in total. The first-order valence-electron chi connectivity index (χ1n) is 39.2. The average molecular weight is 1740 g/mol. The number of nitrogens with zero attached hydrogens (tertiary/aromatic N) is 23. The van der Waals surface area contributed by atoms with Crippen LogP contribution < -0.4 is 48.7 Å². The summed E-state index contributed by atoms with van der Waals surface area (Å²) in [5.74, 6) is 2.35. The molecule has 42 heteroatoms. The molecule has 0 bridgehead atoms. The molecule has 0 radical (unpaired) electrons. The van der Waals surface area contributed by atoms with Crippen LogP contribution in [0.15, 0.2) is 47.0 Å². The van der Waals surface area contributed by atoms with Gasteiger partial charge in [0.15, 0.2) is 71.9 Å². The zero-order valence-electron chi connectivity index (χ0n) is 65.7. The smallest absolute Gasteiger partial charge is 0.270 e. The molecule has 34 nitrogen and oxygen atoms in total. The SMILES string of the molecule is CCNc1nnc(-c2cnc(N3CCN(C4CCN(C(=O)c5ccc(Cl)nc5N)CC4)[C@@H](CC)C3)c(Cl)n2)s1.CC[C@H]1CN(c2nc(N)c(-c3n[nH]c(C)n3)nc2Cl)CCN1C1CCN(C(=O)c2cc(F)c(Cl)nc2N)CC1.CC[C@H]1CN(c2nc(N)c(-c3nnc(C)o3)nc2Cl)CCN1C1CCN(Cc2ccc(Cl)cc2C(N)=O)CC1. The second-order valence-corrected chi connectivity index (χ2v) is 32.8. The number of carbonyl (C=O) groups is 3. The third kappa shape index (κ3) is 19.9. The molecule has 0 unspecified atom stereocenters. The van der Waals surface area contributed by atoms with Crippen molar-refractivity contribution in [1.82, 2.24) is 105 Å². The van der Waals surface area contributed by atoms with Crippen molar-refractivity contribution >= 4 is 145 Å². The van der Waals surface area contributed by atoms with Crippen molar-refractivity contribution in [2.45, 2.75) is 142 Å². The highest BCUT2D eigenvalue weighted by molar-refractivity contribution is 7.18. The summed E-state index contributed by atoms with van der Waals surface area (Å²) >= 11 is 38.8. The first-order valence-corrected chi connectivity index (χ1v) is 42.3. The number of likely N-dealkylation sites (tertiary alicyclic amines) is 3. The number of benzene rings is 1. The summed E-state index contributed by atoms with van der Waals surface area (Å²) in [4.78, 5) is 97.4. The highest BCUT2D eigenvalue weighted by atomic mass is 35.5.